The molecule has 38 heavy (non-hydrogen) atoms. The van der Waals surface area contributed by atoms with E-state index in [1.54, 1.807) is 18.3 Å². The average Bonchev–Trinajstić information content (AvgIpc) is 2.94. The van der Waals surface area contributed by atoms with Crippen molar-refractivity contribution in [2.24, 2.45) is 5.10 Å². The van der Waals surface area contributed by atoms with Crippen molar-refractivity contribution >= 4 is 52.9 Å². The standard InChI is InChI=1S/C27H25Cl2N7O2/c28-21-9-8-20(24(29)16-21)18-38-23-10-6-19(7-11-23)17-30-35-26-32-25(31-22-4-2-1-3-5-22)33-27(34-26)36-12-14-37-15-13-36/h1-11,16-17H,12-15,18H2,(H2,31,32,33,34,35)/b30-17+. The third kappa shape index (κ3) is 7.10. The smallest absolute Gasteiger partial charge is 0.250 e. The lowest BCUT2D eigenvalue weighted by Gasteiger charge is -2.27. The lowest BCUT2D eigenvalue weighted by atomic mass is 10.2. The second-order valence-electron chi connectivity index (χ2n) is 8.34. The minimum atomic E-state index is 0.330. The fraction of sp³-hybridized carbons (Fsp3) is 0.185. The number of hydrogen-bond donors (Lipinski definition) is 2. The molecule has 5 rings (SSSR count). The Labute approximate surface area is 230 Å². The van der Waals surface area contributed by atoms with Crippen LogP contribution in [-0.2, 0) is 11.3 Å². The number of benzene rings is 3. The maximum Gasteiger partial charge on any atom is 0.250 e. The Kier molecular flexibility index (Phi) is 8.49. The van der Waals surface area contributed by atoms with E-state index in [0.717, 1.165) is 16.8 Å². The van der Waals surface area contributed by atoms with Crippen molar-refractivity contribution in [1.29, 1.82) is 0 Å². The molecule has 194 valence electrons. The Morgan fingerprint density at radius 1 is 0.921 bits per heavy atom. The molecule has 2 heterocycles. The second kappa shape index (κ2) is 12.6. The third-order valence-corrected chi connectivity index (χ3v) is 6.20. The number of morpholine rings is 1. The predicted molar refractivity (Wildman–Crippen MR) is 151 cm³/mol. The van der Waals surface area contributed by atoms with Gasteiger partial charge in [0.25, 0.3) is 0 Å². The predicted octanol–water partition coefficient (Wildman–Crippen LogP) is 5.78. The van der Waals surface area contributed by atoms with Crippen LogP contribution < -0.4 is 20.4 Å². The van der Waals surface area contributed by atoms with Gasteiger partial charge in [-0.15, -0.1) is 0 Å². The van der Waals surface area contributed by atoms with Gasteiger partial charge in [0, 0.05) is 34.4 Å². The molecule has 0 radical (unpaired) electrons. The van der Waals surface area contributed by atoms with Crippen molar-refractivity contribution in [3.8, 4) is 5.75 Å². The largest absolute Gasteiger partial charge is 0.489 e. The Morgan fingerprint density at radius 2 is 1.68 bits per heavy atom. The molecule has 3 aromatic carbocycles. The van der Waals surface area contributed by atoms with E-state index in [9.17, 15) is 0 Å². The summed E-state index contributed by atoms with van der Waals surface area (Å²) in [5, 5.41) is 8.71. The molecule has 1 aliphatic heterocycles. The van der Waals surface area contributed by atoms with Crippen LogP contribution in [-0.4, -0.2) is 47.5 Å². The summed E-state index contributed by atoms with van der Waals surface area (Å²) in [4.78, 5) is 15.7. The first-order valence-electron chi connectivity index (χ1n) is 12.0. The number of para-hydroxylation sites is 1. The molecule has 0 bridgehead atoms. The number of anilines is 4. The number of halogens is 2. The van der Waals surface area contributed by atoms with Gasteiger partial charge in [-0.25, -0.2) is 5.43 Å². The molecule has 0 atom stereocenters. The van der Waals surface area contributed by atoms with Gasteiger partial charge in [0.15, 0.2) is 0 Å². The Balaban J connectivity index is 1.24. The zero-order valence-electron chi connectivity index (χ0n) is 20.3. The number of ether oxygens (including phenoxy) is 2. The fourth-order valence-electron chi connectivity index (χ4n) is 3.64. The minimum Gasteiger partial charge on any atom is -0.489 e. The van der Waals surface area contributed by atoms with E-state index in [4.69, 9.17) is 32.7 Å². The summed E-state index contributed by atoms with van der Waals surface area (Å²) < 4.78 is 11.3. The van der Waals surface area contributed by atoms with Crippen LogP contribution in [0.4, 0.5) is 23.5 Å². The van der Waals surface area contributed by atoms with Gasteiger partial charge in [-0.1, -0.05) is 47.5 Å². The van der Waals surface area contributed by atoms with Gasteiger partial charge in [-0.2, -0.15) is 20.1 Å². The van der Waals surface area contributed by atoms with Crippen LogP contribution in [0.25, 0.3) is 0 Å². The molecule has 0 spiro atoms. The number of nitrogens with zero attached hydrogens (tertiary/aromatic N) is 5. The second-order valence-corrected chi connectivity index (χ2v) is 9.18. The molecule has 9 nitrogen and oxygen atoms in total. The van der Waals surface area contributed by atoms with E-state index in [-0.39, 0.29) is 0 Å². The average molecular weight is 550 g/mol. The molecule has 1 aromatic heterocycles. The van der Waals surface area contributed by atoms with E-state index < -0.39 is 0 Å². The summed E-state index contributed by atoms with van der Waals surface area (Å²) in [5.74, 6) is 2.02. The molecule has 1 fully saturated rings. The van der Waals surface area contributed by atoms with Gasteiger partial charge in [-0.3, -0.25) is 0 Å². The maximum absolute atomic E-state index is 6.22. The zero-order valence-corrected chi connectivity index (χ0v) is 21.9. The van der Waals surface area contributed by atoms with Crippen LogP contribution in [0, 0.1) is 0 Å². The van der Waals surface area contributed by atoms with Crippen LogP contribution in [0.3, 0.4) is 0 Å². The molecule has 1 saturated heterocycles. The summed E-state index contributed by atoms with van der Waals surface area (Å²) in [7, 11) is 0. The van der Waals surface area contributed by atoms with Crippen LogP contribution in [0.15, 0.2) is 77.9 Å². The quantitative estimate of drug-likeness (QED) is 0.200. The number of nitrogens with one attached hydrogen (secondary N) is 2. The summed E-state index contributed by atoms with van der Waals surface area (Å²) >= 11 is 12.2. The Morgan fingerprint density at radius 3 is 2.45 bits per heavy atom. The molecule has 0 aliphatic carbocycles. The molecule has 4 aromatic rings. The van der Waals surface area contributed by atoms with Crippen molar-refractivity contribution in [3.05, 3.63) is 94.0 Å². The van der Waals surface area contributed by atoms with Crippen LogP contribution in [0.5, 0.6) is 5.75 Å². The number of hydrogen-bond acceptors (Lipinski definition) is 9. The summed E-state index contributed by atoms with van der Waals surface area (Å²) in [6.45, 7) is 3.00. The molecule has 2 N–H and O–H groups in total. The van der Waals surface area contributed by atoms with Gasteiger partial charge in [0.2, 0.25) is 17.8 Å². The normalized spacial score (nSPS) is 13.5. The van der Waals surface area contributed by atoms with E-state index in [1.807, 2.05) is 60.7 Å². The van der Waals surface area contributed by atoms with Gasteiger partial charge >= 0.3 is 0 Å². The monoisotopic (exact) mass is 549 g/mol. The number of aromatic nitrogens is 3. The molecule has 1 aliphatic rings. The lowest BCUT2D eigenvalue weighted by Crippen LogP contribution is -2.37. The highest BCUT2D eigenvalue weighted by atomic mass is 35.5. The summed E-state index contributed by atoms with van der Waals surface area (Å²) in [6.07, 6.45) is 1.68. The van der Waals surface area contributed by atoms with Crippen LogP contribution in [0.1, 0.15) is 11.1 Å². The van der Waals surface area contributed by atoms with Gasteiger partial charge in [-0.05, 0) is 54.1 Å². The number of rotatable bonds is 9. The van der Waals surface area contributed by atoms with Crippen LogP contribution >= 0.6 is 23.2 Å². The first kappa shape index (κ1) is 25.7. The Hall–Kier alpha value is -3.92. The maximum atomic E-state index is 6.22. The lowest BCUT2D eigenvalue weighted by molar-refractivity contribution is 0.122. The van der Waals surface area contributed by atoms with E-state index in [2.05, 4.69) is 35.7 Å². The molecule has 0 unspecified atom stereocenters. The highest BCUT2D eigenvalue weighted by Crippen LogP contribution is 2.23. The van der Waals surface area contributed by atoms with Gasteiger partial charge in [0.1, 0.15) is 12.4 Å². The van der Waals surface area contributed by atoms with Crippen LogP contribution in [0.2, 0.25) is 10.0 Å². The molecular formula is C27H25Cl2N7O2. The first-order chi connectivity index (χ1) is 18.6. The van der Waals surface area contributed by atoms with Crippen molar-refractivity contribution < 1.29 is 9.47 Å². The minimum absolute atomic E-state index is 0.330. The highest BCUT2D eigenvalue weighted by molar-refractivity contribution is 6.35. The Bertz CT molecular complexity index is 1380. The summed E-state index contributed by atoms with van der Waals surface area (Å²) in [5.41, 5.74) is 5.54. The van der Waals surface area contributed by atoms with Gasteiger partial charge in [0.05, 0.1) is 19.4 Å². The molecule has 11 heteroatoms. The van der Waals surface area contributed by atoms with E-state index >= 15 is 0 Å². The van der Waals surface area contributed by atoms with Crippen molar-refractivity contribution in [2.75, 3.05) is 41.9 Å². The number of hydrazone groups is 1. The van der Waals surface area contributed by atoms with Gasteiger partial charge < -0.3 is 19.7 Å². The van der Waals surface area contributed by atoms with E-state index in [1.165, 1.54) is 0 Å². The zero-order chi connectivity index (χ0) is 26.2. The molecule has 0 amide bonds. The molecule has 0 saturated carbocycles. The molecular weight excluding hydrogens is 525 g/mol. The van der Waals surface area contributed by atoms with Crippen molar-refractivity contribution in [3.63, 3.8) is 0 Å². The van der Waals surface area contributed by atoms with Crippen molar-refractivity contribution in [2.45, 2.75) is 6.61 Å². The van der Waals surface area contributed by atoms with E-state index in [0.29, 0.717) is 66.5 Å². The topological polar surface area (TPSA) is 96.8 Å². The SMILES string of the molecule is Clc1ccc(COc2ccc(/C=N/Nc3nc(Nc4ccccc4)nc(N4CCOCC4)n3)cc2)c(Cl)c1. The van der Waals surface area contributed by atoms with Crippen molar-refractivity contribution in [1.82, 2.24) is 15.0 Å². The first-order valence-corrected chi connectivity index (χ1v) is 12.7. The summed E-state index contributed by atoms with van der Waals surface area (Å²) in [6, 6.07) is 22.6. The third-order valence-electron chi connectivity index (χ3n) is 5.62. The highest BCUT2D eigenvalue weighted by Gasteiger charge is 2.16. The fourth-order valence-corrected chi connectivity index (χ4v) is 4.10.